The number of aromatic nitrogens is 2. The van der Waals surface area contributed by atoms with Gasteiger partial charge < -0.3 is 11.1 Å². The quantitative estimate of drug-likeness (QED) is 0.676. The number of hydrogen-bond donors (Lipinski definition) is 3. The van der Waals surface area contributed by atoms with Crippen LogP contribution in [-0.2, 0) is 4.79 Å². The van der Waals surface area contributed by atoms with E-state index >= 15 is 0 Å². The molecule has 0 saturated heterocycles. The van der Waals surface area contributed by atoms with Crippen molar-refractivity contribution in [2.45, 2.75) is 45.2 Å². The van der Waals surface area contributed by atoms with Gasteiger partial charge in [-0.2, -0.15) is 5.10 Å². The number of amides is 1. The summed E-state index contributed by atoms with van der Waals surface area (Å²) in [6, 6.07) is 0.167. The number of rotatable bonds is 6. The summed E-state index contributed by atoms with van der Waals surface area (Å²) in [6.45, 7) is 3.89. The minimum Gasteiger partial charge on any atom is -0.349 e. The number of nitrogens with zero attached hydrogens (tertiary/aromatic N) is 1. The lowest BCUT2D eigenvalue weighted by Crippen LogP contribution is -2.26. The zero-order chi connectivity index (χ0) is 12.0. The number of H-pyrrole nitrogens is 1. The van der Waals surface area contributed by atoms with Gasteiger partial charge in [0.1, 0.15) is 0 Å². The second-order valence-corrected chi connectivity index (χ2v) is 4.19. The molecule has 0 radical (unpaired) electrons. The van der Waals surface area contributed by atoms with Crippen LogP contribution in [0.3, 0.4) is 0 Å². The SMILES string of the molecule is CC(N)CCCC(=O)NC(C)c1cn[nH]c1. The average molecular weight is 224 g/mol. The van der Waals surface area contributed by atoms with E-state index in [1.807, 2.05) is 13.8 Å². The Morgan fingerprint density at radius 1 is 1.62 bits per heavy atom. The van der Waals surface area contributed by atoms with Crippen LogP contribution in [0.4, 0.5) is 0 Å². The Morgan fingerprint density at radius 3 is 2.94 bits per heavy atom. The molecule has 16 heavy (non-hydrogen) atoms. The van der Waals surface area contributed by atoms with Gasteiger partial charge in [-0.05, 0) is 26.7 Å². The molecule has 0 bridgehead atoms. The molecule has 0 spiro atoms. The highest BCUT2D eigenvalue weighted by Gasteiger charge is 2.10. The van der Waals surface area contributed by atoms with Crippen LogP contribution >= 0.6 is 0 Å². The molecule has 1 heterocycles. The van der Waals surface area contributed by atoms with Gasteiger partial charge in [0.25, 0.3) is 0 Å². The Bertz CT molecular complexity index is 308. The van der Waals surface area contributed by atoms with Gasteiger partial charge in [-0.3, -0.25) is 9.89 Å². The smallest absolute Gasteiger partial charge is 0.220 e. The number of nitrogens with one attached hydrogen (secondary N) is 2. The van der Waals surface area contributed by atoms with Gasteiger partial charge in [0.2, 0.25) is 5.91 Å². The van der Waals surface area contributed by atoms with Gasteiger partial charge in [0, 0.05) is 24.2 Å². The lowest BCUT2D eigenvalue weighted by Gasteiger charge is -2.12. The van der Waals surface area contributed by atoms with E-state index < -0.39 is 0 Å². The van der Waals surface area contributed by atoms with Gasteiger partial charge in [-0.15, -0.1) is 0 Å². The van der Waals surface area contributed by atoms with Crippen LogP contribution in [0.2, 0.25) is 0 Å². The summed E-state index contributed by atoms with van der Waals surface area (Å²) in [5, 5.41) is 9.48. The fraction of sp³-hybridized carbons (Fsp3) is 0.636. The Balaban J connectivity index is 2.24. The summed E-state index contributed by atoms with van der Waals surface area (Å²) < 4.78 is 0. The van der Waals surface area contributed by atoms with E-state index in [1.54, 1.807) is 12.4 Å². The molecular weight excluding hydrogens is 204 g/mol. The Kier molecular flexibility index (Phi) is 4.98. The van der Waals surface area contributed by atoms with Crippen LogP contribution in [0.15, 0.2) is 12.4 Å². The highest BCUT2D eigenvalue weighted by Crippen LogP contribution is 2.09. The lowest BCUT2D eigenvalue weighted by atomic mass is 10.1. The predicted octanol–water partition coefficient (Wildman–Crippen LogP) is 1.10. The van der Waals surface area contributed by atoms with Crippen LogP contribution in [-0.4, -0.2) is 22.1 Å². The number of carbonyl (C=O) groups excluding carboxylic acids is 1. The zero-order valence-electron chi connectivity index (χ0n) is 9.86. The summed E-state index contributed by atoms with van der Waals surface area (Å²) in [4.78, 5) is 11.5. The first-order chi connectivity index (χ1) is 7.59. The molecule has 0 aliphatic carbocycles. The molecule has 90 valence electrons. The number of nitrogens with two attached hydrogens (primary N) is 1. The maximum absolute atomic E-state index is 11.5. The molecule has 1 aromatic heterocycles. The second-order valence-electron chi connectivity index (χ2n) is 4.19. The van der Waals surface area contributed by atoms with E-state index in [0.717, 1.165) is 18.4 Å². The molecule has 0 aromatic carbocycles. The molecule has 2 unspecified atom stereocenters. The van der Waals surface area contributed by atoms with Crippen LogP contribution in [0.25, 0.3) is 0 Å². The summed E-state index contributed by atoms with van der Waals surface area (Å²) in [6.07, 6.45) is 5.75. The number of hydrogen-bond acceptors (Lipinski definition) is 3. The molecule has 4 N–H and O–H groups in total. The number of carbonyl (C=O) groups is 1. The minimum atomic E-state index is 0.00144. The number of aromatic amines is 1. The Hall–Kier alpha value is -1.36. The van der Waals surface area contributed by atoms with E-state index in [-0.39, 0.29) is 18.0 Å². The molecule has 0 aliphatic rings. The first-order valence-corrected chi connectivity index (χ1v) is 5.63. The fourth-order valence-electron chi connectivity index (χ4n) is 1.48. The fourth-order valence-corrected chi connectivity index (χ4v) is 1.48. The molecule has 5 nitrogen and oxygen atoms in total. The largest absolute Gasteiger partial charge is 0.349 e. The molecule has 2 atom stereocenters. The van der Waals surface area contributed by atoms with Crippen molar-refractivity contribution >= 4 is 5.91 Å². The predicted molar refractivity (Wildman–Crippen MR) is 62.6 cm³/mol. The van der Waals surface area contributed by atoms with Crippen molar-refractivity contribution in [2.75, 3.05) is 0 Å². The van der Waals surface area contributed by atoms with Crippen molar-refractivity contribution in [1.82, 2.24) is 15.5 Å². The van der Waals surface area contributed by atoms with Crippen molar-refractivity contribution in [1.29, 1.82) is 0 Å². The van der Waals surface area contributed by atoms with Crippen molar-refractivity contribution in [2.24, 2.45) is 5.73 Å². The molecule has 5 heteroatoms. The van der Waals surface area contributed by atoms with E-state index in [4.69, 9.17) is 5.73 Å². The molecular formula is C11H20N4O. The van der Waals surface area contributed by atoms with Gasteiger partial charge in [0.15, 0.2) is 0 Å². The van der Waals surface area contributed by atoms with Crippen LogP contribution < -0.4 is 11.1 Å². The molecule has 1 rings (SSSR count). The molecule has 1 amide bonds. The molecule has 0 saturated carbocycles. The normalized spacial score (nSPS) is 14.4. The molecule has 0 aliphatic heterocycles. The Labute approximate surface area is 95.8 Å². The van der Waals surface area contributed by atoms with E-state index in [1.165, 1.54) is 0 Å². The Morgan fingerprint density at radius 2 is 2.38 bits per heavy atom. The van der Waals surface area contributed by atoms with Crippen LogP contribution in [0, 0.1) is 0 Å². The summed E-state index contributed by atoms with van der Waals surface area (Å²) in [5.41, 5.74) is 6.60. The first kappa shape index (κ1) is 12.7. The summed E-state index contributed by atoms with van der Waals surface area (Å²) in [5.74, 6) is 0.0642. The molecule has 0 fully saturated rings. The second kappa shape index (κ2) is 6.27. The standard InChI is InChI=1S/C11H20N4O/c1-8(12)4-3-5-11(16)15-9(2)10-6-13-14-7-10/h6-9H,3-5,12H2,1-2H3,(H,13,14)(H,15,16). The molecule has 1 aromatic rings. The van der Waals surface area contributed by atoms with E-state index in [9.17, 15) is 4.79 Å². The van der Waals surface area contributed by atoms with Crippen molar-refractivity contribution in [3.63, 3.8) is 0 Å². The van der Waals surface area contributed by atoms with Gasteiger partial charge in [-0.25, -0.2) is 0 Å². The van der Waals surface area contributed by atoms with E-state index in [0.29, 0.717) is 6.42 Å². The van der Waals surface area contributed by atoms with Crippen molar-refractivity contribution in [3.8, 4) is 0 Å². The van der Waals surface area contributed by atoms with Crippen molar-refractivity contribution in [3.05, 3.63) is 18.0 Å². The maximum Gasteiger partial charge on any atom is 0.220 e. The third kappa shape index (κ3) is 4.44. The van der Waals surface area contributed by atoms with Gasteiger partial charge >= 0.3 is 0 Å². The van der Waals surface area contributed by atoms with E-state index in [2.05, 4.69) is 15.5 Å². The maximum atomic E-state index is 11.5. The summed E-state index contributed by atoms with van der Waals surface area (Å²) in [7, 11) is 0. The van der Waals surface area contributed by atoms with Crippen molar-refractivity contribution < 1.29 is 4.79 Å². The highest BCUT2D eigenvalue weighted by molar-refractivity contribution is 5.76. The summed E-state index contributed by atoms with van der Waals surface area (Å²) >= 11 is 0. The van der Waals surface area contributed by atoms with Crippen LogP contribution in [0.5, 0.6) is 0 Å². The highest BCUT2D eigenvalue weighted by atomic mass is 16.1. The minimum absolute atomic E-state index is 0.00144. The first-order valence-electron chi connectivity index (χ1n) is 5.63. The topological polar surface area (TPSA) is 83.8 Å². The van der Waals surface area contributed by atoms with Crippen LogP contribution in [0.1, 0.15) is 44.7 Å². The average Bonchev–Trinajstić information content (AvgIpc) is 2.69. The van der Waals surface area contributed by atoms with Gasteiger partial charge in [0.05, 0.1) is 12.2 Å². The lowest BCUT2D eigenvalue weighted by molar-refractivity contribution is -0.121. The van der Waals surface area contributed by atoms with Gasteiger partial charge in [-0.1, -0.05) is 0 Å². The zero-order valence-corrected chi connectivity index (χ0v) is 9.86. The third-order valence-electron chi connectivity index (χ3n) is 2.46. The third-order valence-corrected chi connectivity index (χ3v) is 2.46. The monoisotopic (exact) mass is 224 g/mol.